The molecule has 18 heavy (non-hydrogen) atoms. The van der Waals surface area contributed by atoms with Crippen molar-refractivity contribution < 1.29 is 4.79 Å². The standard InChI is InChI=1S/C13H22N4O/c1-10(8-17-5-4-15-9-17)7-16-13(18)11-2-3-12(14)6-11/h4-5,9-12H,2-3,6-8,14H2,1H3,(H,16,18). The molecular weight excluding hydrogens is 228 g/mol. The van der Waals surface area contributed by atoms with E-state index in [2.05, 4.69) is 17.2 Å². The van der Waals surface area contributed by atoms with Gasteiger partial charge in [0, 0.05) is 37.4 Å². The van der Waals surface area contributed by atoms with E-state index in [-0.39, 0.29) is 17.9 Å². The Morgan fingerprint density at radius 1 is 1.61 bits per heavy atom. The van der Waals surface area contributed by atoms with Gasteiger partial charge in [0.05, 0.1) is 6.33 Å². The van der Waals surface area contributed by atoms with E-state index in [1.54, 1.807) is 12.5 Å². The summed E-state index contributed by atoms with van der Waals surface area (Å²) < 4.78 is 2.03. The number of imidazole rings is 1. The highest BCUT2D eigenvalue weighted by molar-refractivity contribution is 5.78. The van der Waals surface area contributed by atoms with Crippen LogP contribution in [0.5, 0.6) is 0 Å². The van der Waals surface area contributed by atoms with Gasteiger partial charge in [0.2, 0.25) is 5.91 Å². The Labute approximate surface area is 108 Å². The molecule has 3 N–H and O–H groups in total. The highest BCUT2D eigenvalue weighted by atomic mass is 16.1. The van der Waals surface area contributed by atoms with E-state index in [0.717, 1.165) is 25.8 Å². The maximum atomic E-state index is 11.9. The predicted molar refractivity (Wildman–Crippen MR) is 69.7 cm³/mol. The summed E-state index contributed by atoms with van der Waals surface area (Å²) in [6.07, 6.45) is 8.25. The average Bonchev–Trinajstić information content (AvgIpc) is 2.97. The Bertz CT molecular complexity index is 376. The number of hydrogen-bond donors (Lipinski definition) is 2. The highest BCUT2D eigenvalue weighted by Gasteiger charge is 2.27. The first-order valence-electron chi connectivity index (χ1n) is 6.64. The first-order valence-corrected chi connectivity index (χ1v) is 6.64. The van der Waals surface area contributed by atoms with Crippen LogP contribution in [-0.2, 0) is 11.3 Å². The molecular formula is C13H22N4O. The van der Waals surface area contributed by atoms with Crippen molar-refractivity contribution in [2.45, 2.75) is 38.8 Å². The van der Waals surface area contributed by atoms with Crippen LogP contribution in [0.2, 0.25) is 0 Å². The Morgan fingerprint density at radius 2 is 2.44 bits per heavy atom. The Balaban J connectivity index is 1.69. The molecule has 0 aromatic carbocycles. The lowest BCUT2D eigenvalue weighted by Gasteiger charge is -2.15. The molecule has 1 aromatic rings. The number of nitrogens with one attached hydrogen (secondary N) is 1. The molecule has 3 atom stereocenters. The van der Waals surface area contributed by atoms with E-state index in [1.165, 1.54) is 0 Å². The molecule has 1 fully saturated rings. The van der Waals surface area contributed by atoms with Gasteiger partial charge in [-0.15, -0.1) is 0 Å². The van der Waals surface area contributed by atoms with Crippen LogP contribution >= 0.6 is 0 Å². The third-order valence-electron chi connectivity index (χ3n) is 3.55. The fourth-order valence-electron chi connectivity index (χ4n) is 2.49. The fourth-order valence-corrected chi connectivity index (χ4v) is 2.49. The number of rotatable bonds is 5. The second kappa shape index (κ2) is 6.00. The highest BCUT2D eigenvalue weighted by Crippen LogP contribution is 2.24. The first kappa shape index (κ1) is 13.1. The van der Waals surface area contributed by atoms with E-state index in [1.807, 2.05) is 10.8 Å². The maximum absolute atomic E-state index is 11.9. The molecule has 1 aliphatic carbocycles. The summed E-state index contributed by atoms with van der Waals surface area (Å²) in [6.45, 7) is 3.72. The molecule has 100 valence electrons. The van der Waals surface area contributed by atoms with Crippen LogP contribution in [-0.4, -0.2) is 28.0 Å². The molecule has 0 bridgehead atoms. The molecule has 1 heterocycles. The summed E-state index contributed by atoms with van der Waals surface area (Å²) in [4.78, 5) is 15.9. The van der Waals surface area contributed by atoms with Crippen LogP contribution in [0.4, 0.5) is 0 Å². The average molecular weight is 250 g/mol. The van der Waals surface area contributed by atoms with Crippen LogP contribution in [0.1, 0.15) is 26.2 Å². The van der Waals surface area contributed by atoms with Crippen molar-refractivity contribution in [2.24, 2.45) is 17.6 Å². The number of aromatic nitrogens is 2. The van der Waals surface area contributed by atoms with Gasteiger partial charge in [-0.05, 0) is 25.2 Å². The Morgan fingerprint density at radius 3 is 3.06 bits per heavy atom. The molecule has 1 aliphatic rings. The van der Waals surface area contributed by atoms with Crippen molar-refractivity contribution in [1.29, 1.82) is 0 Å². The van der Waals surface area contributed by atoms with Crippen molar-refractivity contribution in [3.05, 3.63) is 18.7 Å². The SMILES string of the molecule is CC(CNC(=O)C1CCC(N)C1)Cn1ccnc1. The van der Waals surface area contributed by atoms with Gasteiger partial charge in [-0.1, -0.05) is 6.92 Å². The van der Waals surface area contributed by atoms with E-state index in [0.29, 0.717) is 12.5 Å². The second-order valence-electron chi connectivity index (χ2n) is 5.38. The minimum Gasteiger partial charge on any atom is -0.356 e. The van der Waals surface area contributed by atoms with E-state index >= 15 is 0 Å². The van der Waals surface area contributed by atoms with Crippen LogP contribution in [0.3, 0.4) is 0 Å². The molecule has 2 rings (SSSR count). The normalized spacial score (nSPS) is 25.0. The molecule has 0 spiro atoms. The van der Waals surface area contributed by atoms with Crippen LogP contribution in [0.15, 0.2) is 18.7 Å². The number of hydrogen-bond acceptors (Lipinski definition) is 3. The minimum atomic E-state index is 0.125. The number of amides is 1. The summed E-state index contributed by atoms with van der Waals surface area (Å²) in [6, 6.07) is 0.212. The van der Waals surface area contributed by atoms with Gasteiger partial charge in [-0.2, -0.15) is 0 Å². The quantitative estimate of drug-likeness (QED) is 0.810. The first-order chi connectivity index (χ1) is 8.65. The predicted octanol–water partition coefficient (Wildman–Crippen LogP) is 0.763. The van der Waals surface area contributed by atoms with Gasteiger partial charge in [-0.3, -0.25) is 4.79 Å². The van der Waals surface area contributed by atoms with Gasteiger partial charge in [-0.25, -0.2) is 4.98 Å². The topological polar surface area (TPSA) is 72.9 Å². The van der Waals surface area contributed by atoms with Gasteiger partial charge in [0.1, 0.15) is 0 Å². The van der Waals surface area contributed by atoms with Crippen LogP contribution < -0.4 is 11.1 Å². The van der Waals surface area contributed by atoms with Crippen LogP contribution in [0, 0.1) is 11.8 Å². The second-order valence-corrected chi connectivity index (χ2v) is 5.38. The zero-order valence-electron chi connectivity index (χ0n) is 10.9. The summed E-state index contributed by atoms with van der Waals surface area (Å²) in [5.41, 5.74) is 5.82. The third kappa shape index (κ3) is 3.57. The van der Waals surface area contributed by atoms with E-state index in [9.17, 15) is 4.79 Å². The number of nitrogens with zero attached hydrogens (tertiary/aromatic N) is 2. The molecule has 1 saturated carbocycles. The summed E-state index contributed by atoms with van der Waals surface area (Å²) >= 11 is 0. The molecule has 3 unspecified atom stereocenters. The van der Waals surface area contributed by atoms with Crippen molar-refractivity contribution in [3.8, 4) is 0 Å². The molecule has 1 amide bonds. The molecule has 1 aromatic heterocycles. The summed E-state index contributed by atoms with van der Waals surface area (Å²) in [5.74, 6) is 0.694. The Kier molecular flexibility index (Phi) is 4.36. The van der Waals surface area contributed by atoms with Gasteiger partial charge in [0.15, 0.2) is 0 Å². The Hall–Kier alpha value is -1.36. The lowest BCUT2D eigenvalue weighted by Crippen LogP contribution is -2.34. The van der Waals surface area contributed by atoms with Gasteiger partial charge < -0.3 is 15.6 Å². The number of nitrogens with two attached hydrogens (primary N) is 1. The monoisotopic (exact) mass is 250 g/mol. The molecule has 0 radical (unpaired) electrons. The molecule has 5 nitrogen and oxygen atoms in total. The maximum Gasteiger partial charge on any atom is 0.223 e. The third-order valence-corrected chi connectivity index (χ3v) is 3.55. The van der Waals surface area contributed by atoms with E-state index < -0.39 is 0 Å². The van der Waals surface area contributed by atoms with Crippen molar-refractivity contribution in [2.75, 3.05) is 6.54 Å². The largest absolute Gasteiger partial charge is 0.356 e. The van der Waals surface area contributed by atoms with Gasteiger partial charge in [0.25, 0.3) is 0 Å². The smallest absolute Gasteiger partial charge is 0.223 e. The van der Waals surface area contributed by atoms with Crippen molar-refractivity contribution in [3.63, 3.8) is 0 Å². The van der Waals surface area contributed by atoms with Crippen LogP contribution in [0.25, 0.3) is 0 Å². The molecule has 0 aliphatic heterocycles. The lowest BCUT2D eigenvalue weighted by molar-refractivity contribution is -0.125. The number of carbonyl (C=O) groups excluding carboxylic acids is 1. The van der Waals surface area contributed by atoms with Crippen molar-refractivity contribution >= 4 is 5.91 Å². The van der Waals surface area contributed by atoms with E-state index in [4.69, 9.17) is 5.73 Å². The summed E-state index contributed by atoms with van der Waals surface area (Å²) in [5, 5.41) is 3.03. The minimum absolute atomic E-state index is 0.125. The van der Waals surface area contributed by atoms with Gasteiger partial charge >= 0.3 is 0 Å². The molecule has 5 heteroatoms. The fraction of sp³-hybridized carbons (Fsp3) is 0.692. The van der Waals surface area contributed by atoms with Crippen molar-refractivity contribution in [1.82, 2.24) is 14.9 Å². The lowest BCUT2D eigenvalue weighted by atomic mass is 10.1. The summed E-state index contributed by atoms with van der Waals surface area (Å²) in [7, 11) is 0. The zero-order valence-corrected chi connectivity index (χ0v) is 10.9. The number of carbonyl (C=O) groups is 1. The molecule has 0 saturated heterocycles. The zero-order chi connectivity index (χ0) is 13.0.